The predicted molar refractivity (Wildman–Crippen MR) is 86.5 cm³/mol. The van der Waals surface area contributed by atoms with Crippen molar-refractivity contribution in [3.8, 4) is 0 Å². The number of aliphatic carboxylic acids is 4. The van der Waals surface area contributed by atoms with Crippen molar-refractivity contribution in [3.05, 3.63) is 0 Å². The number of carboxylic acid groups (broad SMARTS) is 4. The minimum Gasteiger partial charge on any atom is -0.550 e. The van der Waals surface area contributed by atoms with Gasteiger partial charge in [0.1, 0.15) is 0 Å². The summed E-state index contributed by atoms with van der Waals surface area (Å²) in [6.07, 6.45) is -4.64. The summed E-state index contributed by atoms with van der Waals surface area (Å²) in [4.78, 5) is 38.5. The third kappa shape index (κ3) is 36.1. The van der Waals surface area contributed by atoms with E-state index in [9.17, 15) is 29.4 Å². The van der Waals surface area contributed by atoms with Gasteiger partial charge in [0.25, 0.3) is 0 Å². The molecular formula is C15H30O11Zn-2. The van der Waals surface area contributed by atoms with Gasteiger partial charge in [-0.1, -0.05) is 21.3 Å². The van der Waals surface area contributed by atoms with Crippen molar-refractivity contribution in [1.82, 2.24) is 0 Å². The van der Waals surface area contributed by atoms with E-state index in [0.29, 0.717) is 5.92 Å². The van der Waals surface area contributed by atoms with Crippen LogP contribution < -0.4 is 10.2 Å². The van der Waals surface area contributed by atoms with Crippen LogP contribution in [-0.4, -0.2) is 67.7 Å². The molecule has 0 bridgehead atoms. The molecule has 0 spiro atoms. The van der Waals surface area contributed by atoms with Crippen LogP contribution in [0.15, 0.2) is 0 Å². The van der Waals surface area contributed by atoms with Gasteiger partial charge in [0.15, 0.2) is 6.10 Å². The van der Waals surface area contributed by atoms with E-state index in [4.69, 9.17) is 25.5 Å². The molecule has 160 valence electrons. The Morgan fingerprint density at radius 1 is 0.889 bits per heavy atom. The van der Waals surface area contributed by atoms with Gasteiger partial charge in [-0.2, -0.15) is 0 Å². The molecule has 0 saturated heterocycles. The molecule has 0 radical (unpaired) electrons. The van der Waals surface area contributed by atoms with Crippen molar-refractivity contribution < 1.29 is 75.8 Å². The maximum absolute atomic E-state index is 9.72. The Hall–Kier alpha value is -1.62. The maximum Gasteiger partial charge on any atom is 0.333 e. The van der Waals surface area contributed by atoms with Crippen LogP contribution in [0.1, 0.15) is 48.9 Å². The first-order valence-corrected chi connectivity index (χ1v) is 7.10. The van der Waals surface area contributed by atoms with Crippen molar-refractivity contribution in [1.29, 1.82) is 0 Å². The molecule has 27 heavy (non-hydrogen) atoms. The normalized spacial score (nSPS) is 12.3. The van der Waals surface area contributed by atoms with Crippen LogP contribution in [-0.2, 0) is 38.7 Å². The fraction of sp³-hybridized carbons (Fsp3) is 0.733. The van der Waals surface area contributed by atoms with Crippen LogP contribution >= 0.6 is 0 Å². The van der Waals surface area contributed by atoms with Crippen LogP contribution in [0.2, 0.25) is 0 Å². The number of aliphatic hydroxyl groups is 3. The summed E-state index contributed by atoms with van der Waals surface area (Å²) in [5.41, 5.74) is 0. The minimum atomic E-state index is -1.96. The average Bonchev–Trinajstić information content (AvgIpc) is 2.36. The molecule has 0 aliphatic rings. The standard InChI is InChI=1S/C6H14O.2C4H6O5.CH4.Zn.H2/c1-5(2)4-6(3)7;2*5-2(4(8)9)1-3(6)7;;;/h5-7H,4H2,1-3H3;2*2,5H,1H2,(H,6,7)(H,8,9);1H4;;1H/p-2. The van der Waals surface area contributed by atoms with Gasteiger partial charge in [0.2, 0.25) is 0 Å². The van der Waals surface area contributed by atoms with Crippen LogP contribution in [0.4, 0.5) is 0 Å². The van der Waals surface area contributed by atoms with Gasteiger partial charge in [-0.3, -0.25) is 4.79 Å². The fourth-order valence-electron chi connectivity index (χ4n) is 1.18. The van der Waals surface area contributed by atoms with Crippen molar-refractivity contribution in [2.24, 2.45) is 5.92 Å². The Morgan fingerprint density at radius 3 is 1.37 bits per heavy atom. The van der Waals surface area contributed by atoms with Gasteiger partial charge >= 0.3 is 11.9 Å². The molecule has 0 aliphatic carbocycles. The van der Waals surface area contributed by atoms with Crippen molar-refractivity contribution >= 4 is 23.9 Å². The van der Waals surface area contributed by atoms with E-state index in [1.807, 2.05) is 6.92 Å². The monoisotopic (exact) mass is 450 g/mol. The van der Waals surface area contributed by atoms with Gasteiger partial charge in [0, 0.05) is 33.3 Å². The van der Waals surface area contributed by atoms with E-state index in [-0.39, 0.29) is 34.4 Å². The second-order valence-electron chi connectivity index (χ2n) is 5.34. The zero-order valence-electron chi connectivity index (χ0n) is 14.8. The molecular weight excluding hydrogens is 422 g/mol. The smallest absolute Gasteiger partial charge is 0.333 e. The summed E-state index contributed by atoms with van der Waals surface area (Å²) in [7, 11) is 0. The molecule has 0 fully saturated rings. The Balaban J connectivity index is -0.0000000620. The minimum absolute atomic E-state index is 0. The van der Waals surface area contributed by atoms with Gasteiger partial charge in [0.05, 0.1) is 24.6 Å². The molecule has 12 heteroatoms. The molecule has 0 aliphatic heterocycles. The van der Waals surface area contributed by atoms with Crippen LogP contribution in [0.3, 0.4) is 0 Å². The molecule has 0 heterocycles. The second kappa shape index (κ2) is 20.7. The number of hydrogen-bond donors (Lipinski definition) is 5. The Labute approximate surface area is 171 Å². The second-order valence-corrected chi connectivity index (χ2v) is 5.34. The summed E-state index contributed by atoms with van der Waals surface area (Å²) in [6.45, 7) is 6.03. The van der Waals surface area contributed by atoms with Gasteiger partial charge in [-0.05, 0) is 19.3 Å². The molecule has 3 atom stereocenters. The molecule has 0 aromatic heterocycles. The summed E-state index contributed by atoms with van der Waals surface area (Å²) in [5, 5.41) is 60.2. The number of aliphatic hydroxyl groups excluding tert-OH is 3. The quantitative estimate of drug-likeness (QED) is 0.242. The third-order valence-corrected chi connectivity index (χ3v) is 2.10. The van der Waals surface area contributed by atoms with Crippen LogP contribution in [0, 0.1) is 5.92 Å². The molecule has 0 saturated carbocycles. The van der Waals surface area contributed by atoms with Crippen molar-refractivity contribution in [2.75, 3.05) is 0 Å². The van der Waals surface area contributed by atoms with Gasteiger partial charge < -0.3 is 45.3 Å². The molecule has 5 N–H and O–H groups in total. The topological polar surface area (TPSA) is 216 Å². The molecule has 3 unspecified atom stereocenters. The van der Waals surface area contributed by atoms with E-state index in [1.165, 1.54) is 0 Å². The molecule has 0 aromatic carbocycles. The van der Waals surface area contributed by atoms with E-state index < -0.39 is 48.9 Å². The molecule has 11 nitrogen and oxygen atoms in total. The van der Waals surface area contributed by atoms with E-state index in [2.05, 4.69) is 13.8 Å². The molecule has 0 rings (SSSR count). The molecule has 0 amide bonds. The zero-order valence-corrected chi connectivity index (χ0v) is 17.8. The fourth-order valence-corrected chi connectivity index (χ4v) is 1.18. The first-order valence-electron chi connectivity index (χ1n) is 7.10. The number of rotatable bonds is 8. The van der Waals surface area contributed by atoms with Crippen LogP contribution in [0.25, 0.3) is 0 Å². The summed E-state index contributed by atoms with van der Waals surface area (Å²) in [6, 6.07) is 0. The maximum atomic E-state index is 9.72. The summed E-state index contributed by atoms with van der Waals surface area (Å²) < 4.78 is 0. The van der Waals surface area contributed by atoms with E-state index in [1.54, 1.807) is 0 Å². The van der Waals surface area contributed by atoms with Gasteiger partial charge in [-0.15, -0.1) is 0 Å². The zero-order chi connectivity index (χ0) is 20.7. The van der Waals surface area contributed by atoms with Gasteiger partial charge in [-0.25, -0.2) is 4.79 Å². The number of hydrogen-bond acceptors (Lipinski definition) is 9. The van der Waals surface area contributed by atoms with E-state index in [0.717, 1.165) is 6.42 Å². The predicted octanol–water partition coefficient (Wildman–Crippen LogP) is -2.56. The third-order valence-electron chi connectivity index (χ3n) is 2.10. The van der Waals surface area contributed by atoms with Crippen molar-refractivity contribution in [3.63, 3.8) is 0 Å². The average molecular weight is 452 g/mol. The SMILES string of the molecule is C.CC(C)CC(C)O.O=C(O)CC(O)C(=O)O.O=C([O-])CC(O)C(=O)[O-].[HH].[Zn]. The Kier molecular flexibility index (Phi) is 27.8. The number of carbonyl (C=O) groups is 4. The summed E-state index contributed by atoms with van der Waals surface area (Å²) >= 11 is 0. The Morgan fingerprint density at radius 2 is 1.30 bits per heavy atom. The first-order chi connectivity index (χ1) is 11.2. The first kappa shape index (κ1) is 36.3. The Bertz CT molecular complexity index is 392. The largest absolute Gasteiger partial charge is 0.550 e. The molecule has 0 aromatic rings. The number of carboxylic acids is 4. The van der Waals surface area contributed by atoms with Crippen molar-refractivity contribution in [2.45, 2.75) is 65.8 Å². The number of carbonyl (C=O) groups excluding carboxylic acids is 2. The van der Waals surface area contributed by atoms with E-state index >= 15 is 0 Å². The summed E-state index contributed by atoms with van der Waals surface area (Å²) in [5.74, 6) is -5.65. The van der Waals surface area contributed by atoms with Crippen LogP contribution in [0.5, 0.6) is 0 Å².